The van der Waals surface area contributed by atoms with E-state index in [0.717, 1.165) is 12.8 Å². The van der Waals surface area contributed by atoms with Gasteiger partial charge in [-0.15, -0.1) is 0 Å². The molecule has 1 aliphatic rings. The second-order valence-electron chi connectivity index (χ2n) is 4.29. The number of hydrogen-bond acceptors (Lipinski definition) is 4. The first-order chi connectivity index (χ1) is 8.19. The van der Waals surface area contributed by atoms with Gasteiger partial charge in [0.2, 0.25) is 0 Å². The van der Waals surface area contributed by atoms with Gasteiger partial charge in [0, 0.05) is 11.3 Å². The summed E-state index contributed by atoms with van der Waals surface area (Å²) in [6.07, 6.45) is 5.40. The van der Waals surface area contributed by atoms with Gasteiger partial charge in [-0.25, -0.2) is 4.98 Å². The van der Waals surface area contributed by atoms with Crippen molar-refractivity contribution in [2.75, 3.05) is 12.0 Å². The van der Waals surface area contributed by atoms with Crippen LogP contribution in [0.2, 0.25) is 0 Å². The summed E-state index contributed by atoms with van der Waals surface area (Å²) >= 11 is 1.87. The van der Waals surface area contributed by atoms with Crippen molar-refractivity contribution in [3.63, 3.8) is 0 Å². The summed E-state index contributed by atoms with van der Waals surface area (Å²) in [4.78, 5) is 15.9. The van der Waals surface area contributed by atoms with Crippen molar-refractivity contribution in [2.45, 2.75) is 30.6 Å². The molecule has 0 aliphatic heterocycles. The summed E-state index contributed by atoms with van der Waals surface area (Å²) in [5.41, 5.74) is 5.95. The molecule has 0 saturated heterocycles. The molecule has 4 nitrogen and oxygen atoms in total. The zero-order valence-corrected chi connectivity index (χ0v) is 10.7. The molecule has 2 unspecified atom stereocenters. The number of nitrogens with one attached hydrogen (secondary N) is 1. The van der Waals surface area contributed by atoms with Gasteiger partial charge in [-0.3, -0.25) is 4.79 Å². The highest BCUT2D eigenvalue weighted by Crippen LogP contribution is 2.28. The quantitative estimate of drug-likeness (QED) is 0.857. The lowest BCUT2D eigenvalue weighted by Crippen LogP contribution is -2.33. The minimum absolute atomic E-state index is 0.121. The smallest absolute Gasteiger partial charge is 0.270 e. The van der Waals surface area contributed by atoms with Crippen LogP contribution >= 0.6 is 11.8 Å². The molecule has 1 heterocycles. The molecule has 3 N–H and O–H groups in total. The molecule has 2 rings (SSSR count). The molecule has 0 aromatic carbocycles. The van der Waals surface area contributed by atoms with E-state index in [9.17, 15) is 4.79 Å². The number of nitrogen functional groups attached to an aromatic ring is 1. The maximum Gasteiger partial charge on any atom is 0.270 e. The summed E-state index contributed by atoms with van der Waals surface area (Å²) < 4.78 is 0. The van der Waals surface area contributed by atoms with Gasteiger partial charge in [-0.05, 0) is 37.7 Å². The van der Waals surface area contributed by atoms with E-state index in [1.165, 1.54) is 6.42 Å². The number of amides is 1. The van der Waals surface area contributed by atoms with Gasteiger partial charge < -0.3 is 11.1 Å². The third-order valence-electron chi connectivity index (χ3n) is 3.06. The van der Waals surface area contributed by atoms with Gasteiger partial charge >= 0.3 is 0 Å². The van der Waals surface area contributed by atoms with E-state index in [1.54, 1.807) is 18.2 Å². The Morgan fingerprint density at radius 1 is 1.53 bits per heavy atom. The van der Waals surface area contributed by atoms with Crippen molar-refractivity contribution in [3.05, 3.63) is 23.9 Å². The molecule has 92 valence electrons. The summed E-state index contributed by atoms with van der Waals surface area (Å²) in [5, 5.41) is 3.69. The van der Waals surface area contributed by atoms with Crippen molar-refractivity contribution in [2.24, 2.45) is 0 Å². The topological polar surface area (TPSA) is 68.0 Å². The minimum atomic E-state index is -0.121. The van der Waals surface area contributed by atoms with Crippen LogP contribution in [-0.4, -0.2) is 28.4 Å². The van der Waals surface area contributed by atoms with Crippen LogP contribution in [0.5, 0.6) is 0 Å². The van der Waals surface area contributed by atoms with E-state index in [4.69, 9.17) is 5.73 Å². The highest BCUT2D eigenvalue weighted by Gasteiger charge is 2.25. The molecule has 0 radical (unpaired) electrons. The molecular formula is C12H17N3OS. The van der Waals surface area contributed by atoms with E-state index < -0.39 is 0 Å². The van der Waals surface area contributed by atoms with Crippen LogP contribution in [0.1, 0.15) is 29.8 Å². The number of carbonyl (C=O) groups excluding carboxylic acids is 1. The van der Waals surface area contributed by atoms with Crippen molar-refractivity contribution < 1.29 is 4.79 Å². The molecule has 1 amide bonds. The third-order valence-corrected chi connectivity index (χ3v) is 4.15. The minimum Gasteiger partial charge on any atom is -0.384 e. The number of thioether (sulfide) groups is 1. The predicted octanol–water partition coefficient (Wildman–Crippen LogP) is 1.68. The van der Waals surface area contributed by atoms with Gasteiger partial charge in [0.25, 0.3) is 5.91 Å². The van der Waals surface area contributed by atoms with Crippen LogP contribution in [0.4, 0.5) is 5.82 Å². The van der Waals surface area contributed by atoms with Gasteiger partial charge in [0.15, 0.2) is 0 Å². The maximum absolute atomic E-state index is 11.9. The Morgan fingerprint density at radius 2 is 2.35 bits per heavy atom. The SMILES string of the molecule is CSC1CCC(NC(=O)c2cccc(N)n2)C1. The van der Waals surface area contributed by atoms with E-state index in [1.807, 2.05) is 11.8 Å². The van der Waals surface area contributed by atoms with Crippen LogP contribution in [0, 0.1) is 0 Å². The number of rotatable bonds is 3. The van der Waals surface area contributed by atoms with E-state index >= 15 is 0 Å². The Balaban J connectivity index is 1.94. The van der Waals surface area contributed by atoms with Crippen LogP contribution in [0.25, 0.3) is 0 Å². The van der Waals surface area contributed by atoms with Crippen LogP contribution in [0.3, 0.4) is 0 Å². The molecule has 1 aromatic heterocycles. The maximum atomic E-state index is 11.9. The van der Waals surface area contributed by atoms with E-state index in [0.29, 0.717) is 16.8 Å². The normalized spacial score (nSPS) is 23.6. The molecule has 17 heavy (non-hydrogen) atoms. The molecule has 1 aromatic rings. The lowest BCUT2D eigenvalue weighted by Gasteiger charge is -2.12. The fourth-order valence-electron chi connectivity index (χ4n) is 2.12. The van der Waals surface area contributed by atoms with Crippen molar-refractivity contribution in [3.8, 4) is 0 Å². The molecule has 2 atom stereocenters. The van der Waals surface area contributed by atoms with Crippen LogP contribution in [0.15, 0.2) is 18.2 Å². The average molecular weight is 251 g/mol. The summed E-state index contributed by atoms with van der Waals surface area (Å²) in [6, 6.07) is 5.39. The van der Waals surface area contributed by atoms with Crippen molar-refractivity contribution in [1.82, 2.24) is 10.3 Å². The Labute approximate surface area is 105 Å². The highest BCUT2D eigenvalue weighted by molar-refractivity contribution is 7.99. The number of anilines is 1. The second kappa shape index (κ2) is 5.40. The Hall–Kier alpha value is -1.23. The number of hydrogen-bond donors (Lipinski definition) is 2. The number of nitrogens with zero attached hydrogens (tertiary/aromatic N) is 1. The molecule has 1 fully saturated rings. The number of nitrogens with two attached hydrogens (primary N) is 1. The first-order valence-electron chi connectivity index (χ1n) is 5.75. The summed E-state index contributed by atoms with van der Waals surface area (Å²) in [5.74, 6) is 0.259. The zero-order valence-electron chi connectivity index (χ0n) is 9.85. The van der Waals surface area contributed by atoms with Crippen LogP contribution in [-0.2, 0) is 0 Å². The molecule has 1 aliphatic carbocycles. The predicted molar refractivity (Wildman–Crippen MR) is 71.1 cm³/mol. The van der Waals surface area contributed by atoms with Gasteiger partial charge in [-0.1, -0.05) is 6.07 Å². The number of pyridine rings is 1. The lowest BCUT2D eigenvalue weighted by molar-refractivity contribution is 0.0933. The second-order valence-corrected chi connectivity index (χ2v) is 5.43. The zero-order chi connectivity index (χ0) is 12.3. The van der Waals surface area contributed by atoms with Crippen molar-refractivity contribution >= 4 is 23.5 Å². The fraction of sp³-hybridized carbons (Fsp3) is 0.500. The summed E-state index contributed by atoms with van der Waals surface area (Å²) in [6.45, 7) is 0. The number of aromatic nitrogens is 1. The summed E-state index contributed by atoms with van der Waals surface area (Å²) in [7, 11) is 0. The monoisotopic (exact) mass is 251 g/mol. The fourth-order valence-corrected chi connectivity index (χ4v) is 2.92. The van der Waals surface area contributed by atoms with Crippen LogP contribution < -0.4 is 11.1 Å². The lowest BCUT2D eigenvalue weighted by atomic mass is 10.2. The van der Waals surface area contributed by atoms with Gasteiger partial charge in [0.05, 0.1) is 0 Å². The highest BCUT2D eigenvalue weighted by atomic mass is 32.2. The number of carbonyl (C=O) groups is 1. The molecule has 1 saturated carbocycles. The molecule has 0 spiro atoms. The Bertz CT molecular complexity index is 410. The van der Waals surface area contributed by atoms with Gasteiger partial charge in [-0.2, -0.15) is 11.8 Å². The van der Waals surface area contributed by atoms with Crippen molar-refractivity contribution in [1.29, 1.82) is 0 Å². The van der Waals surface area contributed by atoms with E-state index in [2.05, 4.69) is 16.6 Å². The molecular weight excluding hydrogens is 234 g/mol. The van der Waals surface area contributed by atoms with Gasteiger partial charge in [0.1, 0.15) is 11.5 Å². The van der Waals surface area contributed by atoms with E-state index in [-0.39, 0.29) is 11.9 Å². The first-order valence-corrected chi connectivity index (χ1v) is 7.04. The first kappa shape index (κ1) is 12.2. The Morgan fingerprint density at radius 3 is 3.00 bits per heavy atom. The average Bonchev–Trinajstić information content (AvgIpc) is 2.77. The third kappa shape index (κ3) is 3.12. The molecule has 5 heteroatoms. The molecule has 0 bridgehead atoms. The Kier molecular flexibility index (Phi) is 3.89. The largest absolute Gasteiger partial charge is 0.384 e. The standard InChI is InChI=1S/C12H17N3OS/c1-17-9-6-5-8(7-9)14-12(16)10-3-2-4-11(13)15-10/h2-4,8-9H,5-7H2,1H3,(H2,13,15)(H,14,16).